The molecule has 0 bridgehead atoms. The van der Waals surface area contributed by atoms with Crippen molar-refractivity contribution in [1.29, 1.82) is 0 Å². The Hall–Kier alpha value is -1.48. The molecule has 0 fully saturated rings. The number of aromatic nitrogens is 2. The Morgan fingerprint density at radius 2 is 2.00 bits per heavy atom. The summed E-state index contributed by atoms with van der Waals surface area (Å²) in [5.41, 5.74) is 2.22. The molecule has 2 rings (SSSR count). The fourth-order valence-electron chi connectivity index (χ4n) is 1.48. The third kappa shape index (κ3) is 2.55. The van der Waals surface area contributed by atoms with Crippen molar-refractivity contribution in [3.8, 4) is 5.75 Å². The topological polar surface area (TPSA) is 27.1 Å². The molecular formula is C12H13ClN2O. The van der Waals surface area contributed by atoms with Gasteiger partial charge in [-0.3, -0.25) is 4.68 Å². The van der Waals surface area contributed by atoms with Crippen molar-refractivity contribution in [2.45, 2.75) is 12.4 Å². The van der Waals surface area contributed by atoms with E-state index in [9.17, 15) is 0 Å². The number of nitrogens with zero attached hydrogens (tertiary/aromatic N) is 2. The molecule has 2 aromatic rings. The number of rotatable bonds is 4. The van der Waals surface area contributed by atoms with E-state index in [-0.39, 0.29) is 0 Å². The molecule has 16 heavy (non-hydrogen) atoms. The third-order valence-corrected chi connectivity index (χ3v) is 2.65. The van der Waals surface area contributed by atoms with E-state index in [1.807, 2.05) is 35.1 Å². The molecule has 0 aliphatic heterocycles. The lowest BCUT2D eigenvalue weighted by atomic mass is 10.2. The minimum atomic E-state index is 0.503. The zero-order valence-corrected chi connectivity index (χ0v) is 9.81. The monoisotopic (exact) mass is 236 g/mol. The van der Waals surface area contributed by atoms with E-state index in [1.165, 1.54) is 5.56 Å². The quantitative estimate of drug-likeness (QED) is 0.764. The number of hydrogen-bond acceptors (Lipinski definition) is 2. The average Bonchev–Trinajstić information content (AvgIpc) is 2.78. The van der Waals surface area contributed by atoms with Crippen molar-refractivity contribution in [3.05, 3.63) is 47.8 Å². The van der Waals surface area contributed by atoms with Gasteiger partial charge in [0.25, 0.3) is 0 Å². The van der Waals surface area contributed by atoms with E-state index in [0.717, 1.165) is 17.9 Å². The minimum absolute atomic E-state index is 0.503. The average molecular weight is 237 g/mol. The molecule has 0 aliphatic rings. The molecule has 0 unspecified atom stereocenters. The van der Waals surface area contributed by atoms with Crippen LogP contribution in [0.15, 0.2) is 36.7 Å². The highest BCUT2D eigenvalue weighted by atomic mass is 35.5. The zero-order chi connectivity index (χ0) is 11.4. The second-order valence-corrected chi connectivity index (χ2v) is 3.80. The summed E-state index contributed by atoms with van der Waals surface area (Å²) in [5, 5.41) is 4.23. The molecule has 0 spiro atoms. The molecule has 0 radical (unpaired) electrons. The van der Waals surface area contributed by atoms with Gasteiger partial charge in [0, 0.05) is 11.8 Å². The number of hydrogen-bond donors (Lipinski definition) is 0. The molecule has 0 saturated heterocycles. The summed E-state index contributed by atoms with van der Waals surface area (Å²) >= 11 is 5.71. The van der Waals surface area contributed by atoms with Gasteiger partial charge in [-0.05, 0) is 17.7 Å². The first-order valence-corrected chi connectivity index (χ1v) is 5.55. The van der Waals surface area contributed by atoms with E-state index < -0.39 is 0 Å². The number of benzene rings is 1. The molecular weight excluding hydrogens is 224 g/mol. The van der Waals surface area contributed by atoms with E-state index in [4.69, 9.17) is 16.3 Å². The van der Waals surface area contributed by atoms with Crippen molar-refractivity contribution in [2.75, 3.05) is 7.11 Å². The smallest absolute Gasteiger partial charge is 0.118 e. The molecule has 0 amide bonds. The van der Waals surface area contributed by atoms with Crippen LogP contribution >= 0.6 is 11.6 Å². The SMILES string of the molecule is COc1ccc(Cn2cc(CCl)cn2)cc1. The summed E-state index contributed by atoms with van der Waals surface area (Å²) in [6.07, 6.45) is 3.74. The number of alkyl halides is 1. The number of halogens is 1. The van der Waals surface area contributed by atoms with Gasteiger partial charge in [0.15, 0.2) is 0 Å². The van der Waals surface area contributed by atoms with Crippen molar-refractivity contribution >= 4 is 11.6 Å². The summed E-state index contributed by atoms with van der Waals surface area (Å²) in [7, 11) is 1.66. The largest absolute Gasteiger partial charge is 0.497 e. The molecule has 1 aromatic heterocycles. The van der Waals surface area contributed by atoms with Crippen molar-refractivity contribution in [1.82, 2.24) is 9.78 Å². The molecule has 0 aliphatic carbocycles. The van der Waals surface area contributed by atoms with Crippen molar-refractivity contribution < 1.29 is 4.74 Å². The van der Waals surface area contributed by atoms with Crippen molar-refractivity contribution in [3.63, 3.8) is 0 Å². The van der Waals surface area contributed by atoms with Gasteiger partial charge in [-0.25, -0.2) is 0 Å². The Kier molecular flexibility index (Phi) is 3.47. The summed E-state index contributed by atoms with van der Waals surface area (Å²) < 4.78 is 6.98. The Labute approximate surface area is 99.6 Å². The van der Waals surface area contributed by atoms with Crippen LogP contribution in [0.5, 0.6) is 5.75 Å². The number of methoxy groups -OCH3 is 1. The molecule has 3 nitrogen and oxygen atoms in total. The Morgan fingerprint density at radius 1 is 1.25 bits per heavy atom. The fourth-order valence-corrected chi connectivity index (χ4v) is 1.62. The van der Waals surface area contributed by atoms with Gasteiger partial charge in [-0.2, -0.15) is 5.10 Å². The van der Waals surface area contributed by atoms with Crippen LogP contribution in [-0.4, -0.2) is 16.9 Å². The molecule has 0 atom stereocenters. The van der Waals surface area contributed by atoms with Crippen LogP contribution in [-0.2, 0) is 12.4 Å². The molecule has 0 saturated carbocycles. The fraction of sp³-hybridized carbons (Fsp3) is 0.250. The second-order valence-electron chi connectivity index (χ2n) is 3.53. The molecule has 0 N–H and O–H groups in total. The first kappa shape index (κ1) is 11.0. The van der Waals surface area contributed by atoms with Crippen LogP contribution < -0.4 is 4.74 Å². The minimum Gasteiger partial charge on any atom is -0.497 e. The van der Waals surface area contributed by atoms with Crippen LogP contribution in [0.2, 0.25) is 0 Å². The first-order valence-electron chi connectivity index (χ1n) is 5.02. The van der Waals surface area contributed by atoms with Gasteiger partial charge in [-0.15, -0.1) is 11.6 Å². The molecule has 84 valence electrons. The first-order chi connectivity index (χ1) is 7.81. The lowest BCUT2D eigenvalue weighted by molar-refractivity contribution is 0.414. The summed E-state index contributed by atoms with van der Waals surface area (Å²) in [4.78, 5) is 0. The van der Waals surface area contributed by atoms with E-state index in [1.54, 1.807) is 13.3 Å². The van der Waals surface area contributed by atoms with Crippen LogP contribution in [0.1, 0.15) is 11.1 Å². The summed E-state index contributed by atoms with van der Waals surface area (Å²) in [5.74, 6) is 1.37. The Bertz CT molecular complexity index is 450. The maximum Gasteiger partial charge on any atom is 0.118 e. The summed E-state index contributed by atoms with van der Waals surface area (Å²) in [6, 6.07) is 7.95. The van der Waals surface area contributed by atoms with Gasteiger partial charge < -0.3 is 4.74 Å². The van der Waals surface area contributed by atoms with Gasteiger partial charge in [-0.1, -0.05) is 12.1 Å². The van der Waals surface area contributed by atoms with E-state index >= 15 is 0 Å². The maximum absolute atomic E-state index is 5.71. The standard InChI is InChI=1S/C12H13ClN2O/c1-16-12-4-2-10(3-5-12)8-15-9-11(6-13)7-14-15/h2-5,7,9H,6,8H2,1H3. The van der Waals surface area contributed by atoms with Crippen molar-refractivity contribution in [2.24, 2.45) is 0 Å². The highest BCUT2D eigenvalue weighted by Gasteiger charge is 1.99. The van der Waals surface area contributed by atoms with Gasteiger partial charge in [0.2, 0.25) is 0 Å². The molecule has 4 heteroatoms. The lowest BCUT2D eigenvalue weighted by Crippen LogP contribution is -1.99. The predicted molar refractivity (Wildman–Crippen MR) is 63.9 cm³/mol. The van der Waals surface area contributed by atoms with Gasteiger partial charge in [0.05, 0.1) is 25.7 Å². The van der Waals surface area contributed by atoms with Crippen LogP contribution in [0.25, 0.3) is 0 Å². The van der Waals surface area contributed by atoms with Gasteiger partial charge >= 0.3 is 0 Å². The normalized spacial score (nSPS) is 10.4. The maximum atomic E-state index is 5.71. The highest BCUT2D eigenvalue weighted by molar-refractivity contribution is 6.17. The van der Waals surface area contributed by atoms with E-state index in [2.05, 4.69) is 5.10 Å². The van der Waals surface area contributed by atoms with E-state index in [0.29, 0.717) is 5.88 Å². The Balaban J connectivity index is 2.08. The number of ether oxygens (including phenoxy) is 1. The molecule has 1 aromatic carbocycles. The van der Waals surface area contributed by atoms with Crippen LogP contribution in [0.3, 0.4) is 0 Å². The van der Waals surface area contributed by atoms with Crippen LogP contribution in [0.4, 0.5) is 0 Å². The predicted octanol–water partition coefficient (Wildman–Crippen LogP) is 2.68. The lowest BCUT2D eigenvalue weighted by Gasteiger charge is -2.03. The highest BCUT2D eigenvalue weighted by Crippen LogP contribution is 2.12. The Morgan fingerprint density at radius 3 is 2.56 bits per heavy atom. The molecule has 1 heterocycles. The van der Waals surface area contributed by atoms with Crippen LogP contribution in [0, 0.1) is 0 Å². The third-order valence-electron chi connectivity index (χ3n) is 2.34. The summed E-state index contributed by atoms with van der Waals surface area (Å²) in [6.45, 7) is 0.751. The second kappa shape index (κ2) is 5.03. The van der Waals surface area contributed by atoms with Gasteiger partial charge in [0.1, 0.15) is 5.75 Å². The zero-order valence-electron chi connectivity index (χ0n) is 9.06.